The van der Waals surface area contributed by atoms with Crippen LogP contribution in [0.25, 0.3) is 0 Å². The summed E-state index contributed by atoms with van der Waals surface area (Å²) in [4.78, 5) is 17.2. The number of guanidine groups is 1. The second-order valence-corrected chi connectivity index (χ2v) is 8.65. The quantitative estimate of drug-likeness (QED) is 0.445. The molecule has 3 heterocycles. The van der Waals surface area contributed by atoms with Crippen molar-refractivity contribution in [2.45, 2.75) is 38.5 Å². The van der Waals surface area contributed by atoms with Crippen molar-refractivity contribution in [1.29, 1.82) is 0 Å². The molecule has 1 fully saturated rings. The molecule has 5 atom stereocenters. The van der Waals surface area contributed by atoms with Gasteiger partial charge in [-0.25, -0.2) is 9.98 Å². The van der Waals surface area contributed by atoms with Crippen LogP contribution in [0.2, 0.25) is 0 Å². The molecule has 5 unspecified atom stereocenters. The van der Waals surface area contributed by atoms with E-state index >= 15 is 0 Å². The van der Waals surface area contributed by atoms with Crippen molar-refractivity contribution >= 4 is 19.4 Å². The van der Waals surface area contributed by atoms with Crippen LogP contribution in [-0.2, 0) is 13.8 Å². The lowest BCUT2D eigenvalue weighted by Crippen LogP contribution is -2.36. The van der Waals surface area contributed by atoms with E-state index < -0.39 is 37.7 Å². The summed E-state index contributed by atoms with van der Waals surface area (Å²) in [7, 11) is -3.69. The third-order valence-electron chi connectivity index (χ3n) is 4.36. The number of imidazole rings is 1. The van der Waals surface area contributed by atoms with Crippen LogP contribution >= 0.6 is 7.60 Å². The van der Waals surface area contributed by atoms with Gasteiger partial charge in [-0.3, -0.25) is 9.13 Å². The Morgan fingerprint density at radius 1 is 1.52 bits per heavy atom. The Morgan fingerprint density at radius 2 is 2.20 bits per heavy atom. The molecule has 0 amide bonds. The number of anilines is 1. The fourth-order valence-electron chi connectivity index (χ4n) is 3.02. The molecule has 1 aromatic heterocycles. The first kappa shape index (κ1) is 18.3. The van der Waals surface area contributed by atoms with Gasteiger partial charge in [-0.1, -0.05) is 13.8 Å². The first-order valence-corrected chi connectivity index (χ1v) is 9.66. The first-order valence-electron chi connectivity index (χ1n) is 7.64. The van der Waals surface area contributed by atoms with Gasteiger partial charge in [0.15, 0.2) is 12.2 Å². The lowest BCUT2D eigenvalue weighted by Gasteiger charge is -2.30. The normalized spacial score (nSPS) is 33.3. The number of aliphatic imine (C=N–C) groups is 1. The van der Waals surface area contributed by atoms with E-state index in [1.165, 1.54) is 6.33 Å². The molecule has 0 spiro atoms. The summed E-state index contributed by atoms with van der Waals surface area (Å²) in [6, 6.07) is 0. The summed E-state index contributed by atoms with van der Waals surface area (Å²) in [6.07, 6.45) is -2.17. The van der Waals surface area contributed by atoms with Crippen molar-refractivity contribution in [3.8, 4) is 0 Å². The van der Waals surface area contributed by atoms with Crippen molar-refractivity contribution in [2.24, 2.45) is 16.1 Å². The van der Waals surface area contributed by atoms with Gasteiger partial charge >= 0.3 is 7.60 Å². The van der Waals surface area contributed by atoms with Crippen LogP contribution in [0.4, 0.5) is 5.82 Å². The van der Waals surface area contributed by atoms with Gasteiger partial charge < -0.3 is 35.4 Å². The fourth-order valence-corrected chi connectivity index (χ4v) is 3.45. The fraction of sp³-hybridized carbons (Fsp3) is 0.692. The van der Waals surface area contributed by atoms with Gasteiger partial charge in [0.25, 0.3) is 0 Å². The maximum absolute atomic E-state index is 11.3. The van der Waals surface area contributed by atoms with E-state index in [1.54, 1.807) is 18.4 Å². The Hall–Kier alpha value is -1.49. The van der Waals surface area contributed by atoms with Crippen LogP contribution in [0, 0.1) is 5.41 Å². The average Bonchev–Trinajstić information content (AvgIpc) is 2.97. The highest BCUT2D eigenvalue weighted by Crippen LogP contribution is 2.48. The Kier molecular flexibility index (Phi) is 4.43. The molecule has 3 rings (SSSR count). The van der Waals surface area contributed by atoms with Gasteiger partial charge in [-0.05, 0) is 0 Å². The third-order valence-corrected chi connectivity index (χ3v) is 4.99. The van der Waals surface area contributed by atoms with E-state index in [4.69, 9.17) is 15.0 Å². The summed E-state index contributed by atoms with van der Waals surface area (Å²) in [5.41, 5.74) is 5.17. The van der Waals surface area contributed by atoms with Crippen LogP contribution in [0.15, 0.2) is 11.3 Å². The minimum atomic E-state index is -3.69. The molecule has 11 nitrogen and oxygen atoms in total. The van der Waals surface area contributed by atoms with Crippen molar-refractivity contribution in [2.75, 3.05) is 18.6 Å². The average molecular weight is 375 g/mol. The number of aliphatic hydroxyl groups excluding tert-OH is 2. The van der Waals surface area contributed by atoms with E-state index in [-0.39, 0.29) is 18.3 Å². The van der Waals surface area contributed by atoms with Crippen molar-refractivity contribution in [1.82, 2.24) is 9.55 Å². The van der Waals surface area contributed by atoms with Crippen molar-refractivity contribution < 1.29 is 28.9 Å². The first-order chi connectivity index (χ1) is 11.5. The number of hydrogen-bond acceptors (Lipinski definition) is 9. The van der Waals surface area contributed by atoms with Gasteiger partial charge in [-0.2, -0.15) is 0 Å². The van der Waals surface area contributed by atoms with Crippen LogP contribution < -0.4 is 11.1 Å². The van der Waals surface area contributed by atoms with E-state index in [9.17, 15) is 19.7 Å². The molecule has 1 aromatic rings. The zero-order chi connectivity index (χ0) is 18.6. The summed E-state index contributed by atoms with van der Waals surface area (Å²) >= 11 is 0. The van der Waals surface area contributed by atoms with Gasteiger partial charge in [0.05, 0.1) is 19.0 Å². The predicted octanol–water partition coefficient (Wildman–Crippen LogP) is -0.270. The van der Waals surface area contributed by atoms with E-state index in [1.807, 2.05) is 0 Å². The highest BCUT2D eigenvalue weighted by atomic mass is 31.2. The highest BCUT2D eigenvalue weighted by molar-refractivity contribution is 7.51. The molecule has 25 heavy (non-hydrogen) atoms. The van der Waals surface area contributed by atoms with Crippen LogP contribution in [0.1, 0.15) is 32.0 Å². The molecule has 6 N–H and O–H groups in total. The van der Waals surface area contributed by atoms with Gasteiger partial charge in [0.2, 0.25) is 0 Å². The molecule has 0 aromatic carbocycles. The summed E-state index contributed by atoms with van der Waals surface area (Å²) in [6.45, 7) is 4.41. The number of nitrogens with zero attached hydrogens (tertiary/aromatic N) is 3. The molecule has 140 valence electrons. The number of ether oxygens (including phenoxy) is 1. The van der Waals surface area contributed by atoms with Crippen molar-refractivity contribution in [3.63, 3.8) is 0 Å². The van der Waals surface area contributed by atoms with E-state index in [0.717, 1.165) is 6.66 Å². The summed E-state index contributed by atoms with van der Waals surface area (Å²) in [5.74, 6) is 0.445. The minimum absolute atomic E-state index is 0.0326. The number of fused-ring (bicyclic) bond motifs is 1. The number of aromatic nitrogens is 2. The Balaban J connectivity index is 1.87. The lowest BCUT2D eigenvalue weighted by atomic mass is 9.84. The van der Waals surface area contributed by atoms with E-state index in [2.05, 4.69) is 15.3 Å². The molecule has 12 heteroatoms. The lowest BCUT2D eigenvalue weighted by molar-refractivity contribution is -0.0469. The number of aliphatic hydroxyl groups is 2. The molecule has 0 saturated carbocycles. The molecule has 0 aliphatic carbocycles. The molecular formula is C13H22N5O6P. The molecule has 0 bridgehead atoms. The number of nitrogens with two attached hydrogens (primary N) is 1. The Morgan fingerprint density at radius 3 is 2.84 bits per heavy atom. The summed E-state index contributed by atoms with van der Waals surface area (Å²) < 4.78 is 23.7. The van der Waals surface area contributed by atoms with Crippen LogP contribution in [-0.4, -0.2) is 56.1 Å². The monoisotopic (exact) mass is 375 g/mol. The number of nitrogens with one attached hydrogen (secondary N) is 1. The second-order valence-electron chi connectivity index (χ2n) is 6.79. The van der Waals surface area contributed by atoms with Crippen molar-refractivity contribution in [3.05, 3.63) is 12.0 Å². The van der Waals surface area contributed by atoms with Gasteiger partial charge in [0, 0.05) is 12.1 Å². The van der Waals surface area contributed by atoms with E-state index in [0.29, 0.717) is 5.82 Å². The zero-order valence-corrected chi connectivity index (χ0v) is 14.9. The molecule has 2 aliphatic rings. The predicted molar refractivity (Wildman–Crippen MR) is 87.8 cm³/mol. The minimum Gasteiger partial charge on any atom is -0.390 e. The molecular weight excluding hydrogens is 353 g/mol. The third kappa shape index (κ3) is 3.31. The maximum Gasteiger partial charge on any atom is 0.325 e. The maximum atomic E-state index is 11.3. The topological polar surface area (TPSA) is 164 Å². The smallest absolute Gasteiger partial charge is 0.325 e. The Bertz CT molecular complexity index is 743. The number of rotatable bonds is 4. The molecule has 2 aliphatic heterocycles. The standard InChI is InChI=1S/C13H22N5O6P/c1-13(2)8(19)6(4-23-25(3,21)22)24-11(13)18-5-15-7-9(18)16-12(14)17-10(7)20/h5-6,8,10-11,19-20H,4H2,1-3H3,(H,21,22)(H3,14,16,17). The zero-order valence-electron chi connectivity index (χ0n) is 14.0. The van der Waals surface area contributed by atoms with Crippen LogP contribution in [0.5, 0.6) is 0 Å². The van der Waals surface area contributed by atoms with Crippen LogP contribution in [0.3, 0.4) is 0 Å². The molecule has 0 radical (unpaired) electrons. The Labute approximate surface area is 144 Å². The van der Waals surface area contributed by atoms with Gasteiger partial charge in [-0.15, -0.1) is 0 Å². The highest BCUT2D eigenvalue weighted by Gasteiger charge is 2.52. The van der Waals surface area contributed by atoms with Gasteiger partial charge in [0.1, 0.15) is 23.8 Å². The second kappa shape index (κ2) is 6.04. The number of hydrogen-bond donors (Lipinski definition) is 5. The summed E-state index contributed by atoms with van der Waals surface area (Å²) in [5, 5.41) is 23.3. The largest absolute Gasteiger partial charge is 0.390 e. The SMILES string of the molecule is CC1(C)C(O)C(COP(C)(=O)O)OC1n1cnc2c1NC(N)=NC2O. The molecule has 1 saturated heterocycles.